The molecule has 2 rings (SSSR count). The highest BCUT2D eigenvalue weighted by Gasteiger charge is 2.30. The lowest BCUT2D eigenvalue weighted by Crippen LogP contribution is -2.19. The molecule has 0 aromatic heterocycles. The number of methoxy groups -OCH3 is 1. The van der Waals surface area contributed by atoms with Crippen molar-refractivity contribution < 1.29 is 27.5 Å². The smallest absolute Gasteiger partial charge is 0.381 e. The number of rotatable bonds is 6. The van der Waals surface area contributed by atoms with Crippen LogP contribution >= 0.6 is 0 Å². The number of nitrogens with one attached hydrogen (secondary N) is 2. The minimum absolute atomic E-state index is 0.0261. The van der Waals surface area contributed by atoms with Gasteiger partial charge >= 0.3 is 6.18 Å². The predicted molar refractivity (Wildman–Crippen MR) is 95.6 cm³/mol. The molecule has 2 amide bonds. The standard InChI is InChI=1S/C19H19F3N2O3/c1-12(27-2)9-17(25)23-15-7-3-5-13(10-15)18(26)24-16-8-4-6-14(11-16)19(20,21)22/h3-8,10-12H,9H2,1-2H3,(H,23,25)(H,24,26). The van der Waals surface area contributed by atoms with Crippen molar-refractivity contribution in [1.29, 1.82) is 0 Å². The molecule has 0 aliphatic carbocycles. The van der Waals surface area contributed by atoms with Crippen LogP contribution in [0, 0.1) is 0 Å². The molecule has 1 unspecified atom stereocenters. The second-order valence-corrected chi connectivity index (χ2v) is 5.91. The Balaban J connectivity index is 2.08. The zero-order valence-corrected chi connectivity index (χ0v) is 14.8. The summed E-state index contributed by atoms with van der Waals surface area (Å²) >= 11 is 0. The van der Waals surface area contributed by atoms with Crippen molar-refractivity contribution >= 4 is 23.2 Å². The average Bonchev–Trinajstić information content (AvgIpc) is 2.61. The molecular weight excluding hydrogens is 361 g/mol. The van der Waals surface area contributed by atoms with E-state index in [1.165, 1.54) is 31.4 Å². The largest absolute Gasteiger partial charge is 0.416 e. The molecule has 0 saturated heterocycles. The molecule has 0 spiro atoms. The summed E-state index contributed by atoms with van der Waals surface area (Å²) in [6.45, 7) is 1.75. The molecule has 0 heterocycles. The van der Waals surface area contributed by atoms with Crippen LogP contribution in [0.25, 0.3) is 0 Å². The Morgan fingerprint density at radius 1 is 1.04 bits per heavy atom. The first-order valence-electron chi connectivity index (χ1n) is 8.10. The van der Waals surface area contributed by atoms with Crippen LogP contribution in [0.2, 0.25) is 0 Å². The van der Waals surface area contributed by atoms with Gasteiger partial charge in [-0.15, -0.1) is 0 Å². The fraction of sp³-hybridized carbons (Fsp3) is 0.263. The van der Waals surface area contributed by atoms with Gasteiger partial charge in [-0.25, -0.2) is 0 Å². The molecule has 0 bridgehead atoms. The molecule has 27 heavy (non-hydrogen) atoms. The summed E-state index contributed by atoms with van der Waals surface area (Å²) in [5.74, 6) is -0.865. The zero-order valence-electron chi connectivity index (χ0n) is 14.8. The van der Waals surface area contributed by atoms with Crippen LogP contribution < -0.4 is 10.6 Å². The third-order valence-electron chi connectivity index (χ3n) is 3.73. The number of ether oxygens (including phenoxy) is 1. The number of hydrogen-bond acceptors (Lipinski definition) is 3. The number of benzene rings is 2. The van der Waals surface area contributed by atoms with E-state index in [0.717, 1.165) is 12.1 Å². The number of amides is 2. The van der Waals surface area contributed by atoms with Gasteiger partial charge in [0, 0.05) is 24.0 Å². The Labute approximate surface area is 154 Å². The van der Waals surface area contributed by atoms with Gasteiger partial charge in [-0.1, -0.05) is 12.1 Å². The first-order chi connectivity index (χ1) is 12.7. The van der Waals surface area contributed by atoms with Crippen LogP contribution in [0.5, 0.6) is 0 Å². The molecule has 5 nitrogen and oxygen atoms in total. The SMILES string of the molecule is COC(C)CC(=O)Nc1cccc(C(=O)Nc2cccc(C(F)(F)F)c2)c1. The summed E-state index contributed by atoms with van der Waals surface area (Å²) in [7, 11) is 1.50. The van der Waals surface area contributed by atoms with Crippen LogP contribution in [-0.2, 0) is 15.7 Å². The van der Waals surface area contributed by atoms with E-state index < -0.39 is 17.6 Å². The van der Waals surface area contributed by atoms with Crippen LogP contribution in [0.1, 0.15) is 29.3 Å². The lowest BCUT2D eigenvalue weighted by atomic mass is 10.1. The Morgan fingerprint density at radius 3 is 2.30 bits per heavy atom. The first-order valence-corrected chi connectivity index (χ1v) is 8.10. The monoisotopic (exact) mass is 380 g/mol. The van der Waals surface area contributed by atoms with Gasteiger partial charge in [0.05, 0.1) is 18.1 Å². The molecule has 8 heteroatoms. The maximum Gasteiger partial charge on any atom is 0.416 e. The first kappa shape index (κ1) is 20.4. The van der Waals surface area contributed by atoms with E-state index >= 15 is 0 Å². The molecule has 0 radical (unpaired) electrons. The van der Waals surface area contributed by atoms with Crippen LogP contribution in [0.15, 0.2) is 48.5 Å². The minimum Gasteiger partial charge on any atom is -0.381 e. The quantitative estimate of drug-likeness (QED) is 0.784. The van der Waals surface area contributed by atoms with E-state index in [9.17, 15) is 22.8 Å². The summed E-state index contributed by atoms with van der Waals surface area (Å²) in [5.41, 5.74) is -0.225. The Bertz CT molecular complexity index is 822. The molecule has 2 aromatic rings. The van der Waals surface area contributed by atoms with E-state index in [4.69, 9.17) is 4.74 Å². The van der Waals surface area contributed by atoms with Gasteiger partial charge in [0.1, 0.15) is 0 Å². The summed E-state index contributed by atoms with van der Waals surface area (Å²) < 4.78 is 43.3. The zero-order chi connectivity index (χ0) is 20.0. The lowest BCUT2D eigenvalue weighted by Gasteiger charge is -2.12. The summed E-state index contributed by atoms with van der Waals surface area (Å²) in [6.07, 6.45) is -4.60. The normalized spacial score (nSPS) is 12.3. The van der Waals surface area contributed by atoms with Crippen molar-refractivity contribution in [2.75, 3.05) is 17.7 Å². The topological polar surface area (TPSA) is 67.4 Å². The fourth-order valence-corrected chi connectivity index (χ4v) is 2.27. The third kappa shape index (κ3) is 6.10. The number of alkyl halides is 3. The van der Waals surface area contributed by atoms with Crippen molar-refractivity contribution in [3.05, 3.63) is 59.7 Å². The lowest BCUT2D eigenvalue weighted by molar-refractivity contribution is -0.137. The van der Waals surface area contributed by atoms with Crippen LogP contribution in [0.3, 0.4) is 0 Å². The Kier molecular flexibility index (Phi) is 6.57. The molecule has 2 N–H and O–H groups in total. The van der Waals surface area contributed by atoms with E-state index in [-0.39, 0.29) is 29.7 Å². The highest BCUT2D eigenvalue weighted by Crippen LogP contribution is 2.30. The second-order valence-electron chi connectivity index (χ2n) is 5.91. The van der Waals surface area contributed by atoms with Crippen molar-refractivity contribution in [3.8, 4) is 0 Å². The summed E-state index contributed by atoms with van der Waals surface area (Å²) in [4.78, 5) is 24.2. The molecule has 2 aromatic carbocycles. The molecule has 144 valence electrons. The van der Waals surface area contributed by atoms with Crippen LogP contribution in [0.4, 0.5) is 24.5 Å². The predicted octanol–water partition coefficient (Wildman–Crippen LogP) is 4.32. The van der Waals surface area contributed by atoms with Gasteiger partial charge < -0.3 is 15.4 Å². The fourth-order valence-electron chi connectivity index (χ4n) is 2.27. The average molecular weight is 380 g/mol. The van der Waals surface area contributed by atoms with Crippen molar-refractivity contribution in [2.24, 2.45) is 0 Å². The van der Waals surface area contributed by atoms with Gasteiger partial charge in [-0.2, -0.15) is 13.2 Å². The van der Waals surface area contributed by atoms with E-state index in [0.29, 0.717) is 5.69 Å². The number of anilines is 2. The number of hydrogen-bond donors (Lipinski definition) is 2. The number of carbonyl (C=O) groups is 2. The van der Waals surface area contributed by atoms with Crippen molar-refractivity contribution in [1.82, 2.24) is 0 Å². The van der Waals surface area contributed by atoms with Crippen molar-refractivity contribution in [2.45, 2.75) is 25.6 Å². The molecule has 0 fully saturated rings. The highest BCUT2D eigenvalue weighted by molar-refractivity contribution is 6.05. The maximum atomic E-state index is 12.8. The summed E-state index contributed by atoms with van der Waals surface area (Å²) in [6, 6.07) is 10.5. The van der Waals surface area contributed by atoms with Crippen LogP contribution in [-0.4, -0.2) is 25.0 Å². The highest BCUT2D eigenvalue weighted by atomic mass is 19.4. The molecule has 0 saturated carbocycles. The Morgan fingerprint density at radius 2 is 1.67 bits per heavy atom. The van der Waals surface area contributed by atoms with Gasteiger partial charge in [0.25, 0.3) is 5.91 Å². The summed E-state index contributed by atoms with van der Waals surface area (Å²) in [5, 5.41) is 5.07. The maximum absolute atomic E-state index is 12.8. The van der Waals surface area contributed by atoms with Gasteiger partial charge in [0.15, 0.2) is 0 Å². The minimum atomic E-state index is -4.50. The van der Waals surface area contributed by atoms with E-state index in [1.807, 2.05) is 0 Å². The molecule has 1 atom stereocenters. The van der Waals surface area contributed by atoms with E-state index in [2.05, 4.69) is 10.6 Å². The van der Waals surface area contributed by atoms with Gasteiger partial charge in [-0.3, -0.25) is 9.59 Å². The Hall–Kier alpha value is -2.87. The third-order valence-corrected chi connectivity index (χ3v) is 3.73. The molecule has 0 aliphatic heterocycles. The van der Waals surface area contributed by atoms with Gasteiger partial charge in [0.2, 0.25) is 5.91 Å². The van der Waals surface area contributed by atoms with Crippen molar-refractivity contribution in [3.63, 3.8) is 0 Å². The van der Waals surface area contributed by atoms with Gasteiger partial charge in [-0.05, 0) is 43.3 Å². The van der Waals surface area contributed by atoms with E-state index in [1.54, 1.807) is 19.1 Å². The second kappa shape index (κ2) is 8.68. The number of halogens is 3. The molecule has 0 aliphatic rings. The number of carbonyl (C=O) groups excluding carboxylic acids is 2. The molecular formula is C19H19F3N2O3.